The molecule has 4 rings (SSSR count). The molecule has 3 heterocycles. The van der Waals surface area contributed by atoms with E-state index in [1.54, 1.807) is 30.3 Å². The van der Waals surface area contributed by atoms with Gasteiger partial charge in [-0.3, -0.25) is 13.9 Å². The van der Waals surface area contributed by atoms with Gasteiger partial charge in [0.05, 0.1) is 22.8 Å². The molecule has 2 N–H and O–H groups in total. The Morgan fingerprint density at radius 3 is 2.83 bits per heavy atom. The number of fused-ring (bicyclic) bond motifs is 2. The van der Waals surface area contributed by atoms with Crippen molar-refractivity contribution < 1.29 is 27.9 Å². The van der Waals surface area contributed by atoms with Crippen LogP contribution in [-0.4, -0.2) is 49.7 Å². The third kappa shape index (κ3) is 3.22. The molecule has 2 aliphatic heterocycles. The zero-order valence-corrected chi connectivity index (χ0v) is 17.0. The molecule has 1 atom stereocenters. The number of thiophene rings is 1. The van der Waals surface area contributed by atoms with Crippen LogP contribution in [0.4, 0.5) is 0 Å². The summed E-state index contributed by atoms with van der Waals surface area (Å²) >= 11 is 1.20. The number of rotatable bonds is 4. The first kappa shape index (κ1) is 19.6. The number of allylic oxidation sites excluding steroid dienone is 1. The van der Waals surface area contributed by atoms with Crippen LogP contribution in [0.2, 0.25) is 0 Å². The number of ketones is 1. The second kappa shape index (κ2) is 7.29. The van der Waals surface area contributed by atoms with Crippen molar-refractivity contribution >= 4 is 38.8 Å². The van der Waals surface area contributed by atoms with E-state index in [2.05, 4.69) is 5.32 Å². The van der Waals surface area contributed by atoms with Gasteiger partial charge < -0.3 is 15.2 Å². The number of carbonyl (C=O) groups excluding carboxylic acids is 2. The van der Waals surface area contributed by atoms with Gasteiger partial charge in [0.25, 0.3) is 15.9 Å². The summed E-state index contributed by atoms with van der Waals surface area (Å²) in [7, 11) is -2.47. The molecule has 2 aliphatic rings. The number of nitrogens with one attached hydrogen (secondary N) is 1. The van der Waals surface area contributed by atoms with E-state index in [-0.39, 0.29) is 47.6 Å². The van der Waals surface area contributed by atoms with E-state index >= 15 is 0 Å². The molecule has 2 aromatic rings. The minimum absolute atomic E-state index is 0.0254. The highest BCUT2D eigenvalue weighted by Gasteiger charge is 2.43. The maximum Gasteiger partial charge on any atom is 0.265 e. The summed E-state index contributed by atoms with van der Waals surface area (Å²) in [6.45, 7) is -0.00467. The molecule has 0 bridgehead atoms. The van der Waals surface area contributed by atoms with Gasteiger partial charge in [-0.2, -0.15) is 0 Å². The topological polar surface area (TPSA) is 113 Å². The van der Waals surface area contributed by atoms with E-state index in [9.17, 15) is 18.0 Å². The number of nitrogens with zero attached hydrogens (tertiary/aromatic N) is 1. The molecule has 1 aromatic heterocycles. The van der Waals surface area contributed by atoms with Crippen molar-refractivity contribution in [3.05, 3.63) is 57.4 Å². The number of hydrogen-bond donors (Lipinski definition) is 2. The first-order valence-electron chi connectivity index (χ1n) is 8.86. The number of hydrogen-bond acceptors (Lipinski definition) is 7. The van der Waals surface area contributed by atoms with Crippen LogP contribution in [0.15, 0.2) is 47.0 Å². The monoisotopic (exact) mass is 434 g/mol. The average molecular weight is 434 g/mol. The van der Waals surface area contributed by atoms with Gasteiger partial charge in [0.15, 0.2) is 11.5 Å². The first-order valence-corrected chi connectivity index (χ1v) is 11.1. The van der Waals surface area contributed by atoms with Gasteiger partial charge in [-0.05, 0) is 24.3 Å². The lowest BCUT2D eigenvalue weighted by atomic mass is 10.0. The number of amides is 1. The molecule has 1 aromatic carbocycles. The van der Waals surface area contributed by atoms with E-state index in [0.717, 1.165) is 4.31 Å². The summed E-state index contributed by atoms with van der Waals surface area (Å²) in [6, 6.07) is 9.77. The van der Waals surface area contributed by atoms with Crippen LogP contribution in [0.1, 0.15) is 32.6 Å². The number of benzene rings is 1. The van der Waals surface area contributed by atoms with Crippen molar-refractivity contribution in [1.82, 2.24) is 9.62 Å². The lowest BCUT2D eigenvalue weighted by Crippen LogP contribution is -2.38. The maximum absolute atomic E-state index is 12.9. The van der Waals surface area contributed by atoms with Crippen LogP contribution >= 0.6 is 11.3 Å². The number of ether oxygens (including phenoxy) is 1. The van der Waals surface area contributed by atoms with Crippen LogP contribution in [0.3, 0.4) is 0 Å². The summed E-state index contributed by atoms with van der Waals surface area (Å²) in [6.07, 6.45) is -0.646. The fourth-order valence-corrected chi connectivity index (χ4v) is 5.71. The van der Waals surface area contributed by atoms with Gasteiger partial charge in [0.2, 0.25) is 0 Å². The van der Waals surface area contributed by atoms with Gasteiger partial charge >= 0.3 is 0 Å². The molecule has 152 valence electrons. The quantitative estimate of drug-likeness (QED) is 0.754. The third-order valence-electron chi connectivity index (χ3n) is 4.76. The molecule has 0 fully saturated rings. The van der Waals surface area contributed by atoms with Gasteiger partial charge in [0, 0.05) is 24.0 Å². The molecule has 0 saturated carbocycles. The highest BCUT2D eigenvalue weighted by molar-refractivity contribution is 7.89. The molecule has 10 heteroatoms. The van der Waals surface area contributed by atoms with Crippen molar-refractivity contribution in [2.45, 2.75) is 17.4 Å². The van der Waals surface area contributed by atoms with Gasteiger partial charge in [-0.1, -0.05) is 12.1 Å². The zero-order valence-electron chi connectivity index (χ0n) is 15.4. The Hall–Kier alpha value is -2.69. The molecular weight excluding hydrogens is 416 g/mol. The minimum atomic E-state index is -3.82. The normalized spacial score (nSPS) is 20.0. The summed E-state index contributed by atoms with van der Waals surface area (Å²) < 4.78 is 32.6. The molecule has 8 nitrogen and oxygen atoms in total. The molecule has 1 amide bonds. The highest BCUT2D eigenvalue weighted by Crippen LogP contribution is 2.45. The molecule has 0 aliphatic carbocycles. The number of aliphatic hydroxyl groups is 1. The van der Waals surface area contributed by atoms with Crippen LogP contribution in [0.25, 0.3) is 5.76 Å². The van der Waals surface area contributed by atoms with Crippen LogP contribution in [0, 0.1) is 0 Å². The van der Waals surface area contributed by atoms with E-state index in [1.807, 2.05) is 0 Å². The van der Waals surface area contributed by atoms with Crippen molar-refractivity contribution in [2.24, 2.45) is 0 Å². The summed E-state index contributed by atoms with van der Waals surface area (Å²) in [5.41, 5.74) is 0.383. The standard InChI is InChI=1S/C19H18N2O6S2/c1-21-17-12(23)10-13(14-6-7-15(28-14)19(24)20-8-9-22)27-18(17)11-4-2-3-5-16(11)29(21,25)26/h2-7,13,22H,8-10H2,1H3,(H,20,24). The summed E-state index contributed by atoms with van der Waals surface area (Å²) in [5, 5.41) is 11.4. The smallest absolute Gasteiger partial charge is 0.265 e. The van der Waals surface area contributed by atoms with Gasteiger partial charge in [-0.15, -0.1) is 11.3 Å². The molecule has 1 unspecified atom stereocenters. The van der Waals surface area contributed by atoms with Gasteiger partial charge in [0.1, 0.15) is 11.8 Å². The molecule has 29 heavy (non-hydrogen) atoms. The lowest BCUT2D eigenvalue weighted by molar-refractivity contribution is -0.119. The highest BCUT2D eigenvalue weighted by atomic mass is 32.2. The zero-order chi connectivity index (χ0) is 20.8. The van der Waals surface area contributed by atoms with Crippen molar-refractivity contribution in [3.63, 3.8) is 0 Å². The average Bonchev–Trinajstić information content (AvgIpc) is 3.20. The number of Topliss-reactive ketones (excluding diaryl/α,β-unsaturated/α-hetero) is 1. The number of likely N-dealkylation sites (N-methyl/N-ethyl adjacent to an activating group) is 1. The molecule has 0 saturated heterocycles. The Balaban J connectivity index is 1.70. The van der Waals surface area contributed by atoms with Crippen LogP contribution in [-0.2, 0) is 19.6 Å². The first-order chi connectivity index (χ1) is 13.8. The van der Waals surface area contributed by atoms with Crippen molar-refractivity contribution in [3.8, 4) is 0 Å². The second-order valence-corrected chi connectivity index (χ2v) is 9.61. The van der Waals surface area contributed by atoms with Crippen molar-refractivity contribution in [1.29, 1.82) is 0 Å². The van der Waals surface area contributed by atoms with Crippen LogP contribution in [0.5, 0.6) is 0 Å². The Morgan fingerprint density at radius 1 is 1.31 bits per heavy atom. The lowest BCUT2D eigenvalue weighted by Gasteiger charge is -2.35. The third-order valence-corrected chi connectivity index (χ3v) is 7.75. The van der Waals surface area contributed by atoms with E-state index in [4.69, 9.17) is 9.84 Å². The molecule has 0 spiro atoms. The SMILES string of the molecule is CN1C2=C(OC(c3ccc(C(=O)NCCO)s3)CC2=O)c2ccccc2S1(=O)=O. The Bertz CT molecular complexity index is 1140. The Kier molecular flexibility index (Phi) is 4.93. The largest absolute Gasteiger partial charge is 0.481 e. The summed E-state index contributed by atoms with van der Waals surface area (Å²) in [5.74, 6) is -0.415. The predicted octanol–water partition coefficient (Wildman–Crippen LogP) is 1.50. The van der Waals surface area contributed by atoms with E-state index < -0.39 is 16.1 Å². The predicted molar refractivity (Wildman–Crippen MR) is 105 cm³/mol. The number of aliphatic hydroxyl groups excluding tert-OH is 1. The molecular formula is C19H18N2O6S2. The van der Waals surface area contributed by atoms with E-state index in [1.165, 1.54) is 24.5 Å². The summed E-state index contributed by atoms with van der Waals surface area (Å²) in [4.78, 5) is 26.1. The van der Waals surface area contributed by atoms with Crippen molar-refractivity contribution in [2.75, 3.05) is 20.2 Å². The van der Waals surface area contributed by atoms with E-state index in [0.29, 0.717) is 15.3 Å². The fourth-order valence-electron chi connectivity index (χ4n) is 3.35. The molecule has 0 radical (unpaired) electrons. The van der Waals surface area contributed by atoms with Gasteiger partial charge in [-0.25, -0.2) is 8.42 Å². The fraction of sp³-hybridized carbons (Fsp3) is 0.263. The minimum Gasteiger partial charge on any atom is -0.481 e. The Morgan fingerprint density at radius 2 is 2.07 bits per heavy atom. The Labute approximate surface area is 171 Å². The van der Waals surface area contributed by atoms with Crippen LogP contribution < -0.4 is 5.32 Å². The number of carbonyl (C=O) groups is 2. The number of sulfonamides is 1. The maximum atomic E-state index is 12.9. The second-order valence-electron chi connectivity index (χ2n) is 6.56.